The van der Waals surface area contributed by atoms with Crippen LogP contribution in [-0.2, 0) is 30.7 Å². The van der Waals surface area contributed by atoms with Gasteiger partial charge in [0.15, 0.2) is 14.6 Å². The van der Waals surface area contributed by atoms with Crippen LogP contribution >= 0.6 is 11.3 Å². The van der Waals surface area contributed by atoms with Gasteiger partial charge in [0.2, 0.25) is 5.91 Å². The largest absolute Gasteiger partial charge is 0.497 e. The first-order valence-electron chi connectivity index (χ1n) is 9.43. The lowest BCUT2D eigenvalue weighted by molar-refractivity contribution is -0.384. The molecule has 3 aromatic rings. The van der Waals surface area contributed by atoms with E-state index in [9.17, 15) is 28.1 Å². The fourth-order valence-corrected chi connectivity index (χ4v) is 5.14. The van der Waals surface area contributed by atoms with Crippen molar-refractivity contribution in [2.24, 2.45) is 4.99 Å². The number of nitro benzene ring substituents is 1. The molecule has 1 amide bonds. The average molecular weight is 494 g/mol. The molecule has 0 spiro atoms. The molecule has 0 saturated carbocycles. The van der Waals surface area contributed by atoms with E-state index in [2.05, 4.69) is 9.73 Å². The third-order valence-electron chi connectivity index (χ3n) is 4.61. The van der Waals surface area contributed by atoms with E-state index in [1.807, 2.05) is 0 Å². The summed E-state index contributed by atoms with van der Waals surface area (Å²) in [7, 11) is -1.09. The highest BCUT2D eigenvalue weighted by atomic mass is 32.2. The van der Waals surface area contributed by atoms with Crippen LogP contribution in [0.3, 0.4) is 0 Å². The summed E-state index contributed by atoms with van der Waals surface area (Å²) in [6.45, 7) is -0.325. The number of methoxy groups -OCH3 is 2. The van der Waals surface area contributed by atoms with Gasteiger partial charge in [-0.2, -0.15) is 4.99 Å². The van der Waals surface area contributed by atoms with E-state index in [1.165, 1.54) is 61.3 Å². The SMILES string of the molecule is COC(=O)Cn1c(=NC(=O)CCS(=O)(=O)c2ccc(OC)cc2)sc2ccc([N+](=O)[O-])cc21. The Kier molecular flexibility index (Phi) is 7.23. The van der Waals surface area contributed by atoms with Crippen molar-refractivity contribution in [3.05, 3.63) is 57.4 Å². The van der Waals surface area contributed by atoms with E-state index in [0.29, 0.717) is 16.0 Å². The summed E-state index contributed by atoms with van der Waals surface area (Å²) in [5.41, 5.74) is 0.138. The maximum atomic E-state index is 12.5. The summed E-state index contributed by atoms with van der Waals surface area (Å²) < 4.78 is 36.6. The zero-order valence-electron chi connectivity index (χ0n) is 17.6. The lowest BCUT2D eigenvalue weighted by atomic mass is 10.3. The maximum Gasteiger partial charge on any atom is 0.325 e. The highest BCUT2D eigenvalue weighted by Crippen LogP contribution is 2.23. The van der Waals surface area contributed by atoms with Gasteiger partial charge < -0.3 is 14.0 Å². The van der Waals surface area contributed by atoms with Crippen LogP contribution in [0.15, 0.2) is 52.4 Å². The third-order valence-corrected chi connectivity index (χ3v) is 7.41. The number of amides is 1. The maximum absolute atomic E-state index is 12.5. The van der Waals surface area contributed by atoms with Gasteiger partial charge in [-0.3, -0.25) is 19.7 Å². The molecule has 0 fully saturated rings. The molecule has 33 heavy (non-hydrogen) atoms. The summed E-state index contributed by atoms with van der Waals surface area (Å²) in [5.74, 6) is -1.32. The van der Waals surface area contributed by atoms with Crippen LogP contribution in [0.1, 0.15) is 6.42 Å². The van der Waals surface area contributed by atoms with Gasteiger partial charge in [-0.1, -0.05) is 11.3 Å². The van der Waals surface area contributed by atoms with Gasteiger partial charge in [0.1, 0.15) is 12.3 Å². The summed E-state index contributed by atoms with van der Waals surface area (Å²) in [6, 6.07) is 9.85. The molecule has 3 rings (SSSR count). The lowest BCUT2D eigenvalue weighted by Gasteiger charge is -2.05. The zero-order chi connectivity index (χ0) is 24.2. The van der Waals surface area contributed by atoms with E-state index in [4.69, 9.17) is 4.74 Å². The molecule has 0 aliphatic rings. The minimum absolute atomic E-state index is 0.0472. The second kappa shape index (κ2) is 9.92. The molecule has 0 aliphatic carbocycles. The number of carbonyl (C=O) groups is 2. The summed E-state index contributed by atoms with van der Waals surface area (Å²) in [4.78, 5) is 39.0. The first kappa shape index (κ1) is 24.1. The number of esters is 1. The number of hydrogen-bond acceptors (Lipinski definition) is 9. The summed E-state index contributed by atoms with van der Waals surface area (Å²) in [6.07, 6.45) is -0.388. The zero-order valence-corrected chi connectivity index (χ0v) is 19.2. The monoisotopic (exact) mass is 493 g/mol. The van der Waals surface area contributed by atoms with Crippen molar-refractivity contribution in [3.8, 4) is 5.75 Å². The van der Waals surface area contributed by atoms with E-state index >= 15 is 0 Å². The predicted octanol–water partition coefficient (Wildman–Crippen LogP) is 2.08. The van der Waals surface area contributed by atoms with Crippen molar-refractivity contribution in [1.82, 2.24) is 4.57 Å². The molecule has 0 saturated heterocycles. The van der Waals surface area contributed by atoms with Gasteiger partial charge in [0, 0.05) is 18.6 Å². The van der Waals surface area contributed by atoms with E-state index in [0.717, 1.165) is 11.3 Å². The van der Waals surface area contributed by atoms with Crippen LogP contribution in [0.5, 0.6) is 5.75 Å². The van der Waals surface area contributed by atoms with Crippen molar-refractivity contribution >= 4 is 49.0 Å². The second-order valence-electron chi connectivity index (χ2n) is 6.71. The Balaban J connectivity index is 1.90. The molecule has 174 valence electrons. The predicted molar refractivity (Wildman–Crippen MR) is 119 cm³/mol. The second-order valence-corrected chi connectivity index (χ2v) is 9.82. The van der Waals surface area contributed by atoms with Crippen molar-refractivity contribution in [3.63, 3.8) is 0 Å². The van der Waals surface area contributed by atoms with Crippen LogP contribution in [0.4, 0.5) is 5.69 Å². The molecule has 0 unspecified atom stereocenters. The van der Waals surface area contributed by atoms with Crippen LogP contribution in [-0.4, -0.2) is 49.8 Å². The molecule has 1 heterocycles. The number of aromatic nitrogens is 1. The number of fused-ring (bicyclic) bond motifs is 1. The van der Waals surface area contributed by atoms with Crippen LogP contribution in [0, 0.1) is 10.1 Å². The molecule has 0 bridgehead atoms. The molecular formula is C20H19N3O8S2. The fourth-order valence-electron chi connectivity index (χ4n) is 2.89. The molecule has 1 aromatic heterocycles. The Labute approximate surface area is 192 Å². The highest BCUT2D eigenvalue weighted by molar-refractivity contribution is 7.91. The molecule has 0 radical (unpaired) electrons. The normalized spacial score (nSPS) is 12.0. The summed E-state index contributed by atoms with van der Waals surface area (Å²) >= 11 is 1.04. The molecule has 2 aromatic carbocycles. The Morgan fingerprint density at radius 1 is 1.15 bits per heavy atom. The first-order valence-corrected chi connectivity index (χ1v) is 11.9. The third kappa shape index (κ3) is 5.62. The first-order chi connectivity index (χ1) is 15.6. The van der Waals surface area contributed by atoms with E-state index in [1.54, 1.807) is 0 Å². The number of nitro groups is 1. The Hall–Kier alpha value is -3.58. The van der Waals surface area contributed by atoms with Crippen molar-refractivity contribution in [2.45, 2.75) is 17.9 Å². The molecule has 13 heteroatoms. The van der Waals surface area contributed by atoms with Crippen molar-refractivity contribution < 1.29 is 32.4 Å². The molecular weight excluding hydrogens is 474 g/mol. The van der Waals surface area contributed by atoms with E-state index in [-0.39, 0.29) is 28.3 Å². The quantitative estimate of drug-likeness (QED) is 0.263. The minimum atomic E-state index is -3.73. The van der Waals surface area contributed by atoms with Gasteiger partial charge in [0.25, 0.3) is 5.69 Å². The standard InChI is InChI=1S/C20H19N3O8S2/c1-30-14-4-6-15(7-5-14)33(28,29)10-9-18(24)21-20-22(12-19(25)31-2)16-11-13(23(26)27)3-8-17(16)32-20/h3-8,11H,9-10,12H2,1-2H3. The van der Waals surface area contributed by atoms with Gasteiger partial charge >= 0.3 is 5.97 Å². The van der Waals surface area contributed by atoms with Crippen LogP contribution < -0.4 is 9.54 Å². The van der Waals surface area contributed by atoms with Crippen LogP contribution in [0.2, 0.25) is 0 Å². The van der Waals surface area contributed by atoms with Gasteiger partial charge in [0.05, 0.1) is 40.0 Å². The molecule has 0 atom stereocenters. The number of sulfone groups is 1. The molecule has 0 N–H and O–H groups in total. The highest BCUT2D eigenvalue weighted by Gasteiger charge is 2.18. The van der Waals surface area contributed by atoms with E-state index < -0.39 is 32.4 Å². The number of ether oxygens (including phenoxy) is 2. The molecule has 0 aliphatic heterocycles. The fraction of sp³-hybridized carbons (Fsp3) is 0.250. The van der Waals surface area contributed by atoms with Gasteiger partial charge in [-0.15, -0.1) is 0 Å². The number of thiazole rings is 1. The number of carbonyl (C=O) groups excluding carboxylic acids is 2. The Morgan fingerprint density at radius 3 is 2.45 bits per heavy atom. The van der Waals surface area contributed by atoms with Gasteiger partial charge in [-0.05, 0) is 30.3 Å². The Bertz CT molecular complexity index is 1390. The van der Waals surface area contributed by atoms with Gasteiger partial charge in [-0.25, -0.2) is 8.42 Å². The lowest BCUT2D eigenvalue weighted by Crippen LogP contribution is -2.23. The van der Waals surface area contributed by atoms with Crippen molar-refractivity contribution in [1.29, 1.82) is 0 Å². The average Bonchev–Trinajstić information content (AvgIpc) is 3.13. The Morgan fingerprint density at radius 2 is 1.85 bits per heavy atom. The number of rotatable bonds is 8. The minimum Gasteiger partial charge on any atom is -0.497 e. The number of hydrogen-bond donors (Lipinski definition) is 0. The summed E-state index contributed by atoms with van der Waals surface area (Å²) in [5, 5.41) is 11.1. The number of benzene rings is 2. The molecule has 11 nitrogen and oxygen atoms in total. The van der Waals surface area contributed by atoms with Crippen molar-refractivity contribution in [2.75, 3.05) is 20.0 Å². The van der Waals surface area contributed by atoms with Crippen LogP contribution in [0.25, 0.3) is 10.2 Å². The number of non-ortho nitro benzene ring substituents is 1. The number of nitrogens with zero attached hydrogens (tertiary/aromatic N) is 3. The topological polar surface area (TPSA) is 147 Å². The smallest absolute Gasteiger partial charge is 0.325 e.